The van der Waals surface area contributed by atoms with Crippen molar-refractivity contribution in [1.29, 1.82) is 0 Å². The third-order valence-corrected chi connectivity index (χ3v) is 2.89. The van der Waals surface area contributed by atoms with Crippen LogP contribution in [0.3, 0.4) is 0 Å². The molecule has 3 atom stereocenters. The monoisotopic (exact) mass is 259 g/mol. The van der Waals surface area contributed by atoms with Crippen LogP contribution in [0.15, 0.2) is 0 Å². The molecule has 1 aliphatic rings. The number of hydrogen-bond donors (Lipinski definition) is 2. The number of rotatable bonds is 6. The molecule has 18 heavy (non-hydrogen) atoms. The molecule has 0 aromatic rings. The van der Waals surface area contributed by atoms with Crippen LogP contribution in [0.5, 0.6) is 0 Å². The average molecular weight is 259 g/mol. The molecule has 0 aromatic carbocycles. The molecule has 0 aliphatic carbocycles. The van der Waals surface area contributed by atoms with Crippen LogP contribution in [0.2, 0.25) is 0 Å². The van der Waals surface area contributed by atoms with E-state index in [0.717, 1.165) is 12.8 Å². The number of carbonyl (C=O) groups is 2. The molecule has 1 amide bonds. The summed E-state index contributed by atoms with van der Waals surface area (Å²) in [5.74, 6) is -1.07. The normalized spacial score (nSPS) is 24.8. The maximum absolute atomic E-state index is 12.0. The van der Waals surface area contributed by atoms with Gasteiger partial charge in [0.1, 0.15) is 6.10 Å². The van der Waals surface area contributed by atoms with Crippen LogP contribution in [0.25, 0.3) is 0 Å². The Hall–Kier alpha value is -1.14. The van der Waals surface area contributed by atoms with E-state index in [1.807, 2.05) is 13.8 Å². The Kier molecular flexibility index (Phi) is 5.55. The van der Waals surface area contributed by atoms with Gasteiger partial charge < -0.3 is 19.8 Å². The zero-order valence-electron chi connectivity index (χ0n) is 10.8. The molecule has 0 unspecified atom stereocenters. The van der Waals surface area contributed by atoms with Crippen molar-refractivity contribution >= 4 is 11.9 Å². The highest BCUT2D eigenvalue weighted by Crippen LogP contribution is 2.19. The largest absolute Gasteiger partial charge is 0.456 e. The smallest absolute Gasteiger partial charge is 0.309 e. The molecule has 1 fully saturated rings. The predicted octanol–water partition coefficient (Wildman–Crippen LogP) is -0.328. The van der Waals surface area contributed by atoms with Crippen molar-refractivity contribution < 1.29 is 24.5 Å². The van der Waals surface area contributed by atoms with Gasteiger partial charge in [0.15, 0.2) is 12.2 Å². The second kappa shape index (κ2) is 6.70. The third-order valence-electron chi connectivity index (χ3n) is 2.89. The molecule has 6 nitrogen and oxygen atoms in total. The summed E-state index contributed by atoms with van der Waals surface area (Å²) in [5.41, 5.74) is 0. The highest BCUT2D eigenvalue weighted by Gasteiger charge is 2.42. The van der Waals surface area contributed by atoms with Crippen molar-refractivity contribution in [3.63, 3.8) is 0 Å². The third kappa shape index (κ3) is 3.43. The van der Waals surface area contributed by atoms with Gasteiger partial charge in [0.05, 0.1) is 6.42 Å². The maximum Gasteiger partial charge on any atom is 0.309 e. The lowest BCUT2D eigenvalue weighted by Crippen LogP contribution is -2.48. The summed E-state index contributed by atoms with van der Waals surface area (Å²) in [6.45, 7) is 4.96. The lowest BCUT2D eigenvalue weighted by atomic mass is 10.1. The topological polar surface area (TPSA) is 87.1 Å². The molecule has 0 spiro atoms. The van der Waals surface area contributed by atoms with E-state index in [9.17, 15) is 19.8 Å². The molecule has 104 valence electrons. The number of hydrogen-bond acceptors (Lipinski definition) is 5. The molecule has 0 bridgehead atoms. The zero-order chi connectivity index (χ0) is 13.7. The Balaban J connectivity index is 2.66. The van der Waals surface area contributed by atoms with Crippen molar-refractivity contribution in [1.82, 2.24) is 4.90 Å². The summed E-state index contributed by atoms with van der Waals surface area (Å²) in [7, 11) is 0. The first-order valence-electron chi connectivity index (χ1n) is 6.35. The number of ether oxygens (including phenoxy) is 1. The van der Waals surface area contributed by atoms with E-state index in [4.69, 9.17) is 4.74 Å². The summed E-state index contributed by atoms with van der Waals surface area (Å²) in [6.07, 6.45) is -2.33. The first-order valence-corrected chi connectivity index (χ1v) is 6.35. The second-order valence-electron chi connectivity index (χ2n) is 4.50. The van der Waals surface area contributed by atoms with Gasteiger partial charge in [0.2, 0.25) is 0 Å². The van der Waals surface area contributed by atoms with E-state index in [2.05, 4.69) is 0 Å². The van der Waals surface area contributed by atoms with Gasteiger partial charge in [-0.3, -0.25) is 9.59 Å². The van der Waals surface area contributed by atoms with Crippen LogP contribution < -0.4 is 0 Å². The van der Waals surface area contributed by atoms with Crippen molar-refractivity contribution in [2.45, 2.75) is 51.4 Å². The minimum atomic E-state index is -1.48. The van der Waals surface area contributed by atoms with E-state index in [1.165, 1.54) is 4.90 Å². The molecule has 2 N–H and O–H groups in total. The molecule has 1 saturated heterocycles. The standard InChI is InChI=1S/C12H21NO5/c1-3-5-13(6-4-2)12(17)10(16)11-8(14)7-9(15)18-11/h8,10-11,14,16H,3-7H2,1-2H3/t8-,10-,11-/m1/s1. The summed E-state index contributed by atoms with van der Waals surface area (Å²) < 4.78 is 4.78. The minimum absolute atomic E-state index is 0.170. The molecular weight excluding hydrogens is 238 g/mol. The molecule has 0 saturated carbocycles. The van der Waals surface area contributed by atoms with E-state index in [1.54, 1.807) is 0 Å². The quantitative estimate of drug-likeness (QED) is 0.638. The number of aliphatic hydroxyl groups is 2. The fourth-order valence-corrected chi connectivity index (χ4v) is 2.04. The van der Waals surface area contributed by atoms with E-state index >= 15 is 0 Å². The van der Waals surface area contributed by atoms with Crippen LogP contribution in [0.4, 0.5) is 0 Å². The van der Waals surface area contributed by atoms with Crippen LogP contribution in [0, 0.1) is 0 Å². The molecule has 1 heterocycles. The second-order valence-corrected chi connectivity index (χ2v) is 4.50. The predicted molar refractivity (Wildman–Crippen MR) is 63.7 cm³/mol. The van der Waals surface area contributed by atoms with Gasteiger partial charge >= 0.3 is 5.97 Å². The minimum Gasteiger partial charge on any atom is -0.456 e. The Morgan fingerprint density at radius 3 is 2.39 bits per heavy atom. The number of aliphatic hydroxyl groups excluding tert-OH is 2. The highest BCUT2D eigenvalue weighted by molar-refractivity contribution is 5.83. The first kappa shape index (κ1) is 14.9. The van der Waals surface area contributed by atoms with Crippen LogP contribution in [-0.4, -0.2) is 58.4 Å². The average Bonchev–Trinajstić information content (AvgIpc) is 2.66. The molecule has 0 radical (unpaired) electrons. The number of carbonyl (C=O) groups excluding carboxylic acids is 2. The summed E-state index contributed by atoms with van der Waals surface area (Å²) >= 11 is 0. The fourth-order valence-electron chi connectivity index (χ4n) is 2.04. The summed E-state index contributed by atoms with van der Waals surface area (Å²) in [4.78, 5) is 24.6. The molecule has 0 aromatic heterocycles. The van der Waals surface area contributed by atoms with Crippen molar-refractivity contribution in [2.24, 2.45) is 0 Å². The maximum atomic E-state index is 12.0. The summed E-state index contributed by atoms with van der Waals surface area (Å²) in [6, 6.07) is 0. The van der Waals surface area contributed by atoms with Gasteiger partial charge in [0, 0.05) is 13.1 Å². The lowest BCUT2D eigenvalue weighted by molar-refractivity contribution is -0.157. The number of nitrogens with zero attached hydrogens (tertiary/aromatic N) is 1. The van der Waals surface area contributed by atoms with Gasteiger partial charge in [-0.1, -0.05) is 13.8 Å². The SMILES string of the molecule is CCCN(CCC)C(=O)[C@H](O)[C@@H]1OC(=O)C[C@H]1O. The zero-order valence-corrected chi connectivity index (χ0v) is 10.8. The van der Waals surface area contributed by atoms with E-state index in [0.29, 0.717) is 13.1 Å². The van der Waals surface area contributed by atoms with Gasteiger partial charge in [-0.25, -0.2) is 0 Å². The van der Waals surface area contributed by atoms with Crippen molar-refractivity contribution in [3.05, 3.63) is 0 Å². The van der Waals surface area contributed by atoms with Gasteiger partial charge in [-0.05, 0) is 12.8 Å². The molecule has 6 heteroatoms. The van der Waals surface area contributed by atoms with E-state index < -0.39 is 30.2 Å². The number of amides is 1. The van der Waals surface area contributed by atoms with Gasteiger partial charge in [-0.15, -0.1) is 0 Å². The highest BCUT2D eigenvalue weighted by atomic mass is 16.6. The van der Waals surface area contributed by atoms with Crippen LogP contribution in [0.1, 0.15) is 33.1 Å². The molecular formula is C12H21NO5. The Labute approximate surface area is 107 Å². The Bertz CT molecular complexity index is 301. The molecule has 1 aliphatic heterocycles. The van der Waals surface area contributed by atoms with Crippen molar-refractivity contribution in [2.75, 3.05) is 13.1 Å². The van der Waals surface area contributed by atoms with Crippen LogP contribution >= 0.6 is 0 Å². The summed E-state index contributed by atoms with van der Waals surface area (Å²) in [5, 5.41) is 19.4. The van der Waals surface area contributed by atoms with Gasteiger partial charge in [0.25, 0.3) is 5.91 Å². The van der Waals surface area contributed by atoms with Crippen LogP contribution in [-0.2, 0) is 14.3 Å². The molecule has 1 rings (SSSR count). The fraction of sp³-hybridized carbons (Fsp3) is 0.833. The number of cyclic esters (lactones) is 1. The Morgan fingerprint density at radius 1 is 1.44 bits per heavy atom. The Morgan fingerprint density at radius 2 is 2.00 bits per heavy atom. The number of esters is 1. The van der Waals surface area contributed by atoms with Crippen molar-refractivity contribution in [3.8, 4) is 0 Å². The van der Waals surface area contributed by atoms with Gasteiger partial charge in [-0.2, -0.15) is 0 Å². The lowest BCUT2D eigenvalue weighted by Gasteiger charge is -2.27. The first-order chi connectivity index (χ1) is 8.51. The van der Waals surface area contributed by atoms with E-state index in [-0.39, 0.29) is 6.42 Å².